The molecule has 3 heteroatoms. The quantitative estimate of drug-likeness (QED) is 0.755. The Balaban J connectivity index is 1.83. The van der Waals surface area contributed by atoms with Crippen LogP contribution < -0.4 is 0 Å². The van der Waals surface area contributed by atoms with Gasteiger partial charge in [-0.2, -0.15) is 0 Å². The average molecular weight is 235 g/mol. The van der Waals surface area contributed by atoms with Crippen LogP contribution in [0.3, 0.4) is 0 Å². The third kappa shape index (κ3) is 0.975. The number of carbonyl (C=O) groups is 1. The maximum absolute atomic E-state index is 11.6. The molecule has 1 aliphatic heterocycles. The highest BCUT2D eigenvalue weighted by molar-refractivity contribution is 5.75. The summed E-state index contributed by atoms with van der Waals surface area (Å²) >= 11 is 0. The summed E-state index contributed by atoms with van der Waals surface area (Å²) in [6.45, 7) is 0. The number of rotatable bonds is 1. The Labute approximate surface area is 102 Å². The van der Waals surface area contributed by atoms with Crippen LogP contribution >= 0.6 is 0 Å². The van der Waals surface area contributed by atoms with Crippen molar-refractivity contribution in [2.75, 3.05) is 7.05 Å². The molecule has 4 rings (SSSR count). The van der Waals surface area contributed by atoms with Crippen LogP contribution in [0.1, 0.15) is 38.5 Å². The number of aliphatic carboxylic acids is 1. The van der Waals surface area contributed by atoms with Gasteiger partial charge in [0, 0.05) is 6.04 Å². The fraction of sp³-hybridized carbons (Fsp3) is 0.929. The van der Waals surface area contributed by atoms with Crippen LogP contribution in [0.25, 0.3) is 0 Å². The molecule has 3 saturated carbocycles. The molecular weight excluding hydrogens is 214 g/mol. The molecule has 3 aliphatic carbocycles. The predicted molar refractivity (Wildman–Crippen MR) is 63.6 cm³/mol. The largest absolute Gasteiger partial charge is 0.480 e. The number of carboxylic acid groups (broad SMARTS) is 1. The lowest BCUT2D eigenvalue weighted by Gasteiger charge is -2.39. The van der Waals surface area contributed by atoms with Crippen molar-refractivity contribution in [2.45, 2.75) is 50.6 Å². The standard InChI is InChI=1S/C14H21NO2/c1-15-10-3-2-6-14(10)9-5-4-8(7-9)11(14)12(15)13(16)17/h8-12H,2-7H2,1H3,(H,16,17)/t8?,9?,10?,11?,12-,14?/m0/s1. The SMILES string of the molecule is CN1C2CCCC23C2CCC(C2)C3[C@H]1C(=O)O. The molecule has 5 unspecified atom stereocenters. The summed E-state index contributed by atoms with van der Waals surface area (Å²) in [5.74, 6) is 1.46. The van der Waals surface area contributed by atoms with Gasteiger partial charge in [-0.3, -0.25) is 9.69 Å². The smallest absolute Gasteiger partial charge is 0.321 e. The van der Waals surface area contributed by atoms with E-state index >= 15 is 0 Å². The number of likely N-dealkylation sites (tertiary alicyclic amines) is 1. The Kier molecular flexibility index (Phi) is 1.86. The molecule has 0 aromatic heterocycles. The molecule has 1 saturated heterocycles. The molecule has 4 fully saturated rings. The summed E-state index contributed by atoms with van der Waals surface area (Å²) in [5.41, 5.74) is 0.403. The molecule has 17 heavy (non-hydrogen) atoms. The van der Waals surface area contributed by atoms with Gasteiger partial charge in [-0.25, -0.2) is 0 Å². The molecule has 0 radical (unpaired) electrons. The molecule has 1 heterocycles. The van der Waals surface area contributed by atoms with Gasteiger partial charge in [0.2, 0.25) is 0 Å². The summed E-state index contributed by atoms with van der Waals surface area (Å²) in [6, 6.07) is 0.388. The van der Waals surface area contributed by atoms with E-state index in [2.05, 4.69) is 11.9 Å². The van der Waals surface area contributed by atoms with Crippen molar-refractivity contribution in [1.82, 2.24) is 4.90 Å². The van der Waals surface area contributed by atoms with Gasteiger partial charge in [-0.05, 0) is 62.3 Å². The van der Waals surface area contributed by atoms with Crippen molar-refractivity contribution in [3.8, 4) is 0 Å². The van der Waals surface area contributed by atoms with Gasteiger partial charge in [0.15, 0.2) is 0 Å². The third-order valence-corrected chi connectivity index (χ3v) is 6.59. The second kappa shape index (κ2) is 3.05. The number of hydrogen-bond donors (Lipinski definition) is 1. The molecular formula is C14H21NO2. The van der Waals surface area contributed by atoms with Crippen LogP contribution in [0.2, 0.25) is 0 Å². The lowest BCUT2D eigenvalue weighted by atomic mass is 9.64. The van der Waals surface area contributed by atoms with Crippen molar-refractivity contribution in [3.63, 3.8) is 0 Å². The highest BCUT2D eigenvalue weighted by Crippen LogP contribution is 2.71. The third-order valence-electron chi connectivity index (χ3n) is 6.59. The topological polar surface area (TPSA) is 40.5 Å². The maximum atomic E-state index is 11.6. The van der Waals surface area contributed by atoms with Crippen molar-refractivity contribution in [2.24, 2.45) is 23.2 Å². The normalized spacial score (nSPS) is 56.2. The Hall–Kier alpha value is -0.570. The monoisotopic (exact) mass is 235 g/mol. The van der Waals surface area contributed by atoms with E-state index in [0.717, 1.165) is 5.92 Å². The van der Waals surface area contributed by atoms with E-state index in [4.69, 9.17) is 0 Å². The Morgan fingerprint density at radius 1 is 1.35 bits per heavy atom. The first-order valence-electron chi connectivity index (χ1n) is 7.11. The highest BCUT2D eigenvalue weighted by Gasteiger charge is 2.71. The molecule has 4 aliphatic rings. The first-order valence-corrected chi connectivity index (χ1v) is 7.11. The van der Waals surface area contributed by atoms with E-state index in [9.17, 15) is 9.90 Å². The number of hydrogen-bond acceptors (Lipinski definition) is 2. The van der Waals surface area contributed by atoms with Gasteiger partial charge in [0.1, 0.15) is 6.04 Å². The summed E-state index contributed by atoms with van der Waals surface area (Å²) < 4.78 is 0. The van der Waals surface area contributed by atoms with E-state index in [1.165, 1.54) is 38.5 Å². The zero-order chi connectivity index (χ0) is 11.8. The van der Waals surface area contributed by atoms with Gasteiger partial charge in [0.05, 0.1) is 0 Å². The molecule has 1 N–H and O–H groups in total. The highest BCUT2D eigenvalue weighted by atomic mass is 16.4. The summed E-state index contributed by atoms with van der Waals surface area (Å²) in [4.78, 5) is 13.8. The van der Waals surface area contributed by atoms with Gasteiger partial charge in [-0.15, -0.1) is 0 Å². The van der Waals surface area contributed by atoms with E-state index < -0.39 is 5.97 Å². The van der Waals surface area contributed by atoms with Crippen LogP contribution in [0, 0.1) is 23.2 Å². The van der Waals surface area contributed by atoms with Crippen LogP contribution in [0.5, 0.6) is 0 Å². The van der Waals surface area contributed by atoms with E-state index in [1.54, 1.807) is 0 Å². The zero-order valence-electron chi connectivity index (χ0n) is 10.4. The molecule has 0 amide bonds. The van der Waals surface area contributed by atoms with Crippen LogP contribution in [0.15, 0.2) is 0 Å². The number of carboxylic acids is 1. The summed E-state index contributed by atoms with van der Waals surface area (Å²) in [7, 11) is 2.06. The first-order chi connectivity index (χ1) is 8.16. The molecule has 0 aromatic rings. The first kappa shape index (κ1) is 10.4. The summed E-state index contributed by atoms with van der Waals surface area (Å²) in [5, 5.41) is 9.57. The number of likely N-dealkylation sites (N-methyl/N-ethyl adjacent to an activating group) is 1. The van der Waals surface area contributed by atoms with Crippen LogP contribution in [-0.4, -0.2) is 35.1 Å². The van der Waals surface area contributed by atoms with E-state index in [1.807, 2.05) is 0 Å². The van der Waals surface area contributed by atoms with Crippen LogP contribution in [0.4, 0.5) is 0 Å². The molecule has 1 spiro atoms. The Bertz CT molecular complexity index is 382. The van der Waals surface area contributed by atoms with E-state index in [0.29, 0.717) is 23.3 Å². The number of fused-ring (bicyclic) bond motifs is 3. The van der Waals surface area contributed by atoms with Gasteiger partial charge in [0.25, 0.3) is 0 Å². The molecule has 0 aromatic carbocycles. The van der Waals surface area contributed by atoms with Crippen molar-refractivity contribution in [3.05, 3.63) is 0 Å². The fourth-order valence-corrected chi connectivity index (χ4v) is 6.35. The van der Waals surface area contributed by atoms with Crippen LogP contribution in [-0.2, 0) is 4.79 Å². The summed E-state index contributed by atoms with van der Waals surface area (Å²) in [6.07, 6.45) is 7.86. The second-order valence-electron chi connectivity index (χ2n) is 6.76. The zero-order valence-corrected chi connectivity index (χ0v) is 10.4. The Morgan fingerprint density at radius 2 is 2.18 bits per heavy atom. The van der Waals surface area contributed by atoms with Crippen molar-refractivity contribution >= 4 is 5.97 Å². The van der Waals surface area contributed by atoms with Gasteiger partial charge >= 0.3 is 5.97 Å². The van der Waals surface area contributed by atoms with Gasteiger partial charge in [-0.1, -0.05) is 6.42 Å². The minimum Gasteiger partial charge on any atom is -0.480 e. The maximum Gasteiger partial charge on any atom is 0.321 e. The van der Waals surface area contributed by atoms with Crippen molar-refractivity contribution < 1.29 is 9.90 Å². The molecule has 94 valence electrons. The Morgan fingerprint density at radius 3 is 2.94 bits per heavy atom. The minimum absolute atomic E-state index is 0.185. The molecule has 3 nitrogen and oxygen atoms in total. The minimum atomic E-state index is -0.571. The predicted octanol–water partition coefficient (Wildman–Crippen LogP) is 1.97. The molecule has 2 bridgehead atoms. The second-order valence-corrected chi connectivity index (χ2v) is 6.76. The lowest BCUT2D eigenvalue weighted by Crippen LogP contribution is -2.41. The molecule has 6 atom stereocenters. The van der Waals surface area contributed by atoms with Crippen molar-refractivity contribution in [1.29, 1.82) is 0 Å². The van der Waals surface area contributed by atoms with Gasteiger partial charge < -0.3 is 5.11 Å². The fourth-order valence-electron chi connectivity index (χ4n) is 6.35. The number of nitrogens with zero attached hydrogens (tertiary/aromatic N) is 1. The average Bonchev–Trinajstić information content (AvgIpc) is 2.96. The van der Waals surface area contributed by atoms with E-state index in [-0.39, 0.29) is 6.04 Å². The lowest BCUT2D eigenvalue weighted by molar-refractivity contribution is -0.144.